The second-order valence-electron chi connectivity index (χ2n) is 3.48. The molecule has 0 fully saturated rings. The van der Waals surface area contributed by atoms with Crippen LogP contribution >= 0.6 is 0 Å². The molecule has 0 radical (unpaired) electrons. The Morgan fingerprint density at radius 2 is 1.95 bits per heavy atom. The minimum atomic E-state index is -4.43. The van der Waals surface area contributed by atoms with Crippen LogP contribution in [0.4, 0.5) is 18.9 Å². The molecule has 0 saturated heterocycles. The maximum atomic E-state index is 12.3. The lowest BCUT2D eigenvalue weighted by molar-refractivity contribution is -0.139. The summed E-state index contributed by atoms with van der Waals surface area (Å²) in [6.45, 7) is 1.66. The molecule has 0 heterocycles. The Hall–Kier alpha value is -2.38. The third-order valence-corrected chi connectivity index (χ3v) is 2.07. The van der Waals surface area contributed by atoms with E-state index in [1.165, 1.54) is 0 Å². The summed E-state index contributed by atoms with van der Waals surface area (Å²) in [5.74, 6) is -0.884. The van der Waals surface area contributed by atoms with Crippen LogP contribution in [0.2, 0.25) is 0 Å². The van der Waals surface area contributed by atoms with Gasteiger partial charge in [0.2, 0.25) is 5.70 Å². The van der Waals surface area contributed by atoms with E-state index in [1.54, 1.807) is 6.92 Å². The number of hydrogen-bond donors (Lipinski definition) is 1. The number of ether oxygens (including phenoxy) is 1. The molecule has 1 rings (SSSR count). The van der Waals surface area contributed by atoms with Gasteiger partial charge in [-0.2, -0.15) is 18.3 Å². The minimum absolute atomic E-state index is 0.0893. The zero-order valence-electron chi connectivity index (χ0n) is 10.4. The largest absolute Gasteiger partial charge is 0.513 e. The van der Waals surface area contributed by atoms with Gasteiger partial charge in [0, 0.05) is 0 Å². The molecule has 8 heteroatoms. The van der Waals surface area contributed by atoms with Gasteiger partial charge in [-0.15, -0.1) is 5.11 Å². The summed E-state index contributed by atoms with van der Waals surface area (Å²) >= 11 is 0. The topological polar surface area (TPSA) is 71.2 Å². The highest BCUT2D eigenvalue weighted by Crippen LogP contribution is 2.30. The van der Waals surface area contributed by atoms with E-state index in [4.69, 9.17) is 5.11 Å². The van der Waals surface area contributed by atoms with Crippen molar-refractivity contribution in [2.24, 2.45) is 10.2 Å². The number of aliphatic hydroxyl groups is 1. The number of halogens is 3. The normalized spacial score (nSPS) is 12.7. The Bertz CT molecular complexity index is 522. The second kappa shape index (κ2) is 6.69. The van der Waals surface area contributed by atoms with Crippen molar-refractivity contribution in [2.45, 2.75) is 13.1 Å². The molecule has 0 amide bonds. The highest BCUT2D eigenvalue weighted by atomic mass is 19.4. The number of carbonyl (C=O) groups is 1. The van der Waals surface area contributed by atoms with E-state index >= 15 is 0 Å². The first-order valence-electron chi connectivity index (χ1n) is 5.49. The molecule has 0 saturated carbocycles. The molecule has 108 valence electrons. The van der Waals surface area contributed by atoms with Gasteiger partial charge in [-0.05, 0) is 31.2 Å². The average molecular weight is 288 g/mol. The monoisotopic (exact) mass is 288 g/mol. The summed E-state index contributed by atoms with van der Waals surface area (Å²) in [4.78, 5) is 11.2. The highest BCUT2D eigenvalue weighted by molar-refractivity contribution is 5.87. The molecule has 1 N–H and O–H groups in total. The Kier molecular flexibility index (Phi) is 5.24. The number of benzene rings is 1. The van der Waals surface area contributed by atoms with Crippen molar-refractivity contribution < 1.29 is 27.8 Å². The van der Waals surface area contributed by atoms with E-state index in [1.807, 2.05) is 0 Å². The number of carbonyl (C=O) groups excluding carboxylic acids is 1. The first-order chi connectivity index (χ1) is 9.38. The lowest BCUT2D eigenvalue weighted by Crippen LogP contribution is -2.05. The molecule has 0 aliphatic heterocycles. The van der Waals surface area contributed by atoms with E-state index in [-0.39, 0.29) is 12.3 Å². The molecule has 0 spiro atoms. The summed E-state index contributed by atoms with van der Waals surface area (Å²) in [7, 11) is 0. The van der Waals surface area contributed by atoms with Gasteiger partial charge in [-0.1, -0.05) is 0 Å². The SMILES string of the molecule is CCOC(=O)/C(=C/O)N=Nc1ccc(C(F)(F)F)cc1. The quantitative estimate of drug-likeness (QED) is 0.397. The Morgan fingerprint density at radius 3 is 2.40 bits per heavy atom. The number of azo groups is 1. The van der Waals surface area contributed by atoms with Crippen molar-refractivity contribution in [2.75, 3.05) is 6.61 Å². The highest BCUT2D eigenvalue weighted by Gasteiger charge is 2.29. The van der Waals surface area contributed by atoms with Gasteiger partial charge in [-0.25, -0.2) is 4.79 Å². The van der Waals surface area contributed by atoms with E-state index in [0.29, 0.717) is 6.26 Å². The fourth-order valence-electron chi connectivity index (χ4n) is 1.15. The van der Waals surface area contributed by atoms with Gasteiger partial charge >= 0.3 is 12.1 Å². The number of alkyl halides is 3. The van der Waals surface area contributed by atoms with E-state index < -0.39 is 23.4 Å². The van der Waals surface area contributed by atoms with Crippen molar-refractivity contribution in [3.63, 3.8) is 0 Å². The van der Waals surface area contributed by atoms with Crippen LogP contribution in [-0.2, 0) is 15.7 Å². The molecule has 0 aromatic heterocycles. The fraction of sp³-hybridized carbons (Fsp3) is 0.250. The predicted molar refractivity (Wildman–Crippen MR) is 63.3 cm³/mol. The molecule has 1 aromatic carbocycles. The van der Waals surface area contributed by atoms with Gasteiger partial charge in [-0.3, -0.25) is 0 Å². The summed E-state index contributed by atoms with van der Waals surface area (Å²) in [5.41, 5.74) is -1.17. The summed E-state index contributed by atoms with van der Waals surface area (Å²) in [5, 5.41) is 15.7. The van der Waals surface area contributed by atoms with E-state index in [0.717, 1.165) is 24.3 Å². The molecule has 0 bridgehead atoms. The van der Waals surface area contributed by atoms with Gasteiger partial charge in [0.05, 0.1) is 17.9 Å². The van der Waals surface area contributed by atoms with Crippen LogP contribution in [-0.4, -0.2) is 17.7 Å². The molecular formula is C12H11F3N2O3. The lowest BCUT2D eigenvalue weighted by atomic mass is 10.2. The van der Waals surface area contributed by atoms with Crippen molar-refractivity contribution in [3.05, 3.63) is 41.8 Å². The fourth-order valence-corrected chi connectivity index (χ4v) is 1.15. The summed E-state index contributed by atoms with van der Waals surface area (Å²) in [6.07, 6.45) is -4.03. The minimum Gasteiger partial charge on any atom is -0.513 e. The Labute approximate surface area is 112 Å². The smallest absolute Gasteiger partial charge is 0.416 e. The number of aliphatic hydroxyl groups excluding tert-OH is 1. The Morgan fingerprint density at radius 1 is 1.35 bits per heavy atom. The lowest BCUT2D eigenvalue weighted by Gasteiger charge is -2.05. The van der Waals surface area contributed by atoms with Gasteiger partial charge < -0.3 is 9.84 Å². The maximum absolute atomic E-state index is 12.3. The van der Waals surface area contributed by atoms with Gasteiger partial charge in [0.25, 0.3) is 0 Å². The molecule has 0 aliphatic rings. The first kappa shape index (κ1) is 15.7. The van der Waals surface area contributed by atoms with Crippen molar-refractivity contribution >= 4 is 11.7 Å². The zero-order valence-corrected chi connectivity index (χ0v) is 10.4. The second-order valence-corrected chi connectivity index (χ2v) is 3.48. The van der Waals surface area contributed by atoms with Crippen LogP contribution in [0.15, 0.2) is 46.5 Å². The van der Waals surface area contributed by atoms with Crippen molar-refractivity contribution in [1.29, 1.82) is 0 Å². The molecule has 0 aliphatic carbocycles. The number of hydrogen-bond acceptors (Lipinski definition) is 5. The zero-order chi connectivity index (χ0) is 15.2. The predicted octanol–water partition coefficient (Wildman–Crippen LogP) is 3.75. The van der Waals surface area contributed by atoms with E-state index in [2.05, 4.69) is 15.0 Å². The average Bonchev–Trinajstić information content (AvgIpc) is 2.39. The molecule has 0 unspecified atom stereocenters. The van der Waals surface area contributed by atoms with Crippen LogP contribution in [0.25, 0.3) is 0 Å². The van der Waals surface area contributed by atoms with Crippen LogP contribution in [0, 0.1) is 0 Å². The molecule has 1 aromatic rings. The standard InChI is InChI=1S/C12H11F3N2O3/c1-2-20-11(19)10(7-18)17-16-9-5-3-8(4-6-9)12(13,14)15/h3-7,18H,2H2,1H3/b10-7-,17-16?. The summed E-state index contributed by atoms with van der Waals surface area (Å²) < 4.78 is 41.5. The van der Waals surface area contributed by atoms with Crippen LogP contribution < -0.4 is 0 Å². The third-order valence-electron chi connectivity index (χ3n) is 2.07. The number of esters is 1. The third kappa shape index (κ3) is 4.38. The van der Waals surface area contributed by atoms with Crippen LogP contribution in [0.1, 0.15) is 12.5 Å². The molecular weight excluding hydrogens is 277 g/mol. The number of rotatable bonds is 4. The molecule has 0 atom stereocenters. The molecule has 20 heavy (non-hydrogen) atoms. The van der Waals surface area contributed by atoms with Gasteiger partial charge in [0.15, 0.2) is 0 Å². The van der Waals surface area contributed by atoms with Crippen molar-refractivity contribution in [3.8, 4) is 0 Å². The first-order valence-corrected chi connectivity index (χ1v) is 5.49. The van der Waals surface area contributed by atoms with Gasteiger partial charge in [0.1, 0.15) is 6.26 Å². The van der Waals surface area contributed by atoms with Crippen LogP contribution in [0.5, 0.6) is 0 Å². The van der Waals surface area contributed by atoms with E-state index in [9.17, 15) is 18.0 Å². The number of nitrogens with zero attached hydrogens (tertiary/aromatic N) is 2. The maximum Gasteiger partial charge on any atom is 0.416 e. The Balaban J connectivity index is 2.82. The summed E-state index contributed by atoms with van der Waals surface area (Å²) in [6, 6.07) is 3.85. The van der Waals surface area contributed by atoms with Crippen molar-refractivity contribution in [1.82, 2.24) is 0 Å². The van der Waals surface area contributed by atoms with Crippen LogP contribution in [0.3, 0.4) is 0 Å². The molecule has 5 nitrogen and oxygen atoms in total.